The number of nitrogens with zero attached hydrogens (tertiary/aromatic N) is 1. The second kappa shape index (κ2) is 13.1. The van der Waals surface area contributed by atoms with Crippen molar-refractivity contribution in [2.45, 2.75) is 79.4 Å². The molecule has 0 aliphatic rings. The number of benzene rings is 2. The largest absolute Gasteiger partial charge is 0.444 e. The molecule has 0 heterocycles. The molecule has 1 atom stereocenters. The Morgan fingerprint density at radius 3 is 2.25 bits per heavy atom. The highest BCUT2D eigenvalue weighted by atomic mass is 16.6. The molecule has 2 aromatic carbocycles. The van der Waals surface area contributed by atoms with Gasteiger partial charge in [0.15, 0.2) is 0 Å². The number of carbonyl (C=O) groups excluding carboxylic acids is 3. The fourth-order valence-corrected chi connectivity index (χ4v) is 3.93. The molecule has 3 amide bonds. The molecule has 196 valence electrons. The Labute approximate surface area is 215 Å². The molecular formula is C29H41N3O4. The van der Waals surface area contributed by atoms with Crippen LogP contribution in [0.4, 0.5) is 10.5 Å². The molecule has 0 fully saturated rings. The summed E-state index contributed by atoms with van der Waals surface area (Å²) in [4.78, 5) is 41.1. The number of unbranched alkanes of at least 4 members (excludes halogenated alkanes) is 2. The Morgan fingerprint density at radius 1 is 0.944 bits per heavy atom. The molecule has 36 heavy (non-hydrogen) atoms. The maximum absolute atomic E-state index is 13.8. The van der Waals surface area contributed by atoms with Gasteiger partial charge in [-0.15, -0.1) is 0 Å². The number of hydrogen-bond acceptors (Lipinski definition) is 4. The number of aryl methyl sites for hydroxylation is 2. The van der Waals surface area contributed by atoms with E-state index in [1.165, 1.54) is 0 Å². The maximum atomic E-state index is 13.8. The van der Waals surface area contributed by atoms with Gasteiger partial charge in [0, 0.05) is 12.2 Å². The van der Waals surface area contributed by atoms with Gasteiger partial charge in [-0.25, -0.2) is 4.79 Å². The quantitative estimate of drug-likeness (QED) is 0.406. The highest BCUT2D eigenvalue weighted by Gasteiger charge is 2.33. The first-order valence-corrected chi connectivity index (χ1v) is 12.6. The standard InChI is InChI=1S/C29H41N3O4/c1-8-9-12-18-32(25(33)19-30-28(35)36-29(5,6)7)26(23-16-13-15-20(2)22(23)4)27(34)31-24-17-11-10-14-21(24)3/h10-11,13-17,26H,8-9,12,18-19H2,1-7H3,(H,30,35)(H,31,34). The van der Waals surface area contributed by atoms with Gasteiger partial charge in [0.1, 0.15) is 18.2 Å². The molecule has 0 radical (unpaired) electrons. The minimum atomic E-state index is -0.853. The normalized spacial score (nSPS) is 12.0. The second-order valence-corrected chi connectivity index (χ2v) is 10.1. The van der Waals surface area contributed by atoms with Crippen molar-refractivity contribution in [2.24, 2.45) is 0 Å². The van der Waals surface area contributed by atoms with E-state index in [9.17, 15) is 14.4 Å². The molecule has 0 bridgehead atoms. The van der Waals surface area contributed by atoms with E-state index in [4.69, 9.17) is 4.74 Å². The summed E-state index contributed by atoms with van der Waals surface area (Å²) in [5.41, 5.74) is 3.71. The molecular weight excluding hydrogens is 454 g/mol. The van der Waals surface area contributed by atoms with Gasteiger partial charge in [-0.3, -0.25) is 9.59 Å². The van der Waals surface area contributed by atoms with E-state index in [0.29, 0.717) is 12.2 Å². The molecule has 0 spiro atoms. The summed E-state index contributed by atoms with van der Waals surface area (Å²) >= 11 is 0. The van der Waals surface area contributed by atoms with Crippen molar-refractivity contribution < 1.29 is 19.1 Å². The third-order valence-corrected chi connectivity index (χ3v) is 6.01. The Morgan fingerprint density at radius 2 is 1.61 bits per heavy atom. The molecule has 0 aliphatic carbocycles. The number of alkyl carbamates (subject to hydrolysis) is 1. The summed E-state index contributed by atoms with van der Waals surface area (Å²) in [5.74, 6) is -0.636. The maximum Gasteiger partial charge on any atom is 0.408 e. The van der Waals surface area contributed by atoms with Crippen molar-refractivity contribution in [3.8, 4) is 0 Å². The first kappa shape index (κ1) is 28.9. The van der Waals surface area contributed by atoms with Gasteiger partial charge in [-0.1, -0.05) is 56.2 Å². The molecule has 0 aliphatic heterocycles. The van der Waals surface area contributed by atoms with Crippen molar-refractivity contribution in [2.75, 3.05) is 18.4 Å². The number of ether oxygens (including phenoxy) is 1. The SMILES string of the molecule is CCCCCN(C(=O)CNC(=O)OC(C)(C)C)C(C(=O)Nc1ccccc1C)c1cccc(C)c1C. The average Bonchev–Trinajstić information content (AvgIpc) is 2.80. The smallest absolute Gasteiger partial charge is 0.408 e. The predicted octanol–water partition coefficient (Wildman–Crippen LogP) is 5.84. The van der Waals surface area contributed by atoms with E-state index in [1.54, 1.807) is 25.7 Å². The molecule has 0 saturated heterocycles. The number of hydrogen-bond donors (Lipinski definition) is 2. The van der Waals surface area contributed by atoms with Crippen LogP contribution in [0.3, 0.4) is 0 Å². The van der Waals surface area contributed by atoms with Crippen molar-refractivity contribution in [3.63, 3.8) is 0 Å². The number of rotatable bonds is 10. The van der Waals surface area contributed by atoms with Gasteiger partial charge >= 0.3 is 6.09 Å². The lowest BCUT2D eigenvalue weighted by atomic mass is 9.95. The molecule has 2 aromatic rings. The zero-order chi connectivity index (χ0) is 26.9. The van der Waals surface area contributed by atoms with E-state index in [0.717, 1.165) is 41.5 Å². The van der Waals surface area contributed by atoms with Crippen molar-refractivity contribution in [1.29, 1.82) is 0 Å². The fourth-order valence-electron chi connectivity index (χ4n) is 3.93. The minimum Gasteiger partial charge on any atom is -0.444 e. The van der Waals surface area contributed by atoms with E-state index in [1.807, 2.05) is 63.2 Å². The van der Waals surface area contributed by atoms with Crippen molar-refractivity contribution in [1.82, 2.24) is 10.2 Å². The third-order valence-electron chi connectivity index (χ3n) is 6.01. The van der Waals surface area contributed by atoms with Crippen LogP contribution in [0.2, 0.25) is 0 Å². The van der Waals surface area contributed by atoms with E-state index in [-0.39, 0.29) is 18.4 Å². The topological polar surface area (TPSA) is 87.7 Å². The van der Waals surface area contributed by atoms with Gasteiger partial charge in [0.2, 0.25) is 5.91 Å². The monoisotopic (exact) mass is 495 g/mol. The van der Waals surface area contributed by atoms with Gasteiger partial charge < -0.3 is 20.3 Å². The van der Waals surface area contributed by atoms with Gasteiger partial charge in [-0.05, 0) is 76.3 Å². The average molecular weight is 496 g/mol. The van der Waals surface area contributed by atoms with Crippen LogP contribution in [0.15, 0.2) is 42.5 Å². The predicted molar refractivity (Wildman–Crippen MR) is 144 cm³/mol. The van der Waals surface area contributed by atoms with Gasteiger partial charge in [0.05, 0.1) is 0 Å². The van der Waals surface area contributed by atoms with Crippen LogP contribution in [0, 0.1) is 20.8 Å². The number of anilines is 1. The summed E-state index contributed by atoms with van der Waals surface area (Å²) in [7, 11) is 0. The number of carbonyl (C=O) groups is 3. The molecule has 1 unspecified atom stereocenters. The number of para-hydroxylation sites is 1. The zero-order valence-electron chi connectivity index (χ0n) is 22.7. The van der Waals surface area contributed by atoms with Crippen molar-refractivity contribution >= 4 is 23.6 Å². The van der Waals surface area contributed by atoms with Crippen LogP contribution < -0.4 is 10.6 Å². The molecule has 7 nitrogen and oxygen atoms in total. The van der Waals surface area contributed by atoms with Crippen LogP contribution >= 0.6 is 0 Å². The first-order valence-electron chi connectivity index (χ1n) is 12.6. The van der Waals surface area contributed by atoms with Gasteiger partial charge in [-0.2, -0.15) is 0 Å². The molecule has 0 aromatic heterocycles. The summed E-state index contributed by atoms with van der Waals surface area (Å²) in [6, 6.07) is 12.5. The van der Waals surface area contributed by atoms with Crippen LogP contribution in [-0.4, -0.2) is 41.5 Å². The summed E-state index contributed by atoms with van der Waals surface area (Å²) in [6.45, 7) is 13.4. The lowest BCUT2D eigenvalue weighted by Gasteiger charge is -2.33. The first-order chi connectivity index (χ1) is 16.9. The Balaban J connectivity index is 2.43. The van der Waals surface area contributed by atoms with Gasteiger partial charge in [0.25, 0.3) is 5.91 Å². The fraction of sp³-hybridized carbons (Fsp3) is 0.483. The van der Waals surface area contributed by atoms with Crippen LogP contribution in [0.5, 0.6) is 0 Å². The highest BCUT2D eigenvalue weighted by molar-refractivity contribution is 5.99. The molecule has 2 rings (SSSR count). The molecule has 0 saturated carbocycles. The summed E-state index contributed by atoms with van der Waals surface area (Å²) in [5, 5.41) is 5.59. The number of amides is 3. The van der Waals surface area contributed by atoms with Crippen molar-refractivity contribution in [3.05, 3.63) is 64.7 Å². The minimum absolute atomic E-state index is 0.264. The molecule has 2 N–H and O–H groups in total. The van der Waals surface area contributed by atoms with Crippen LogP contribution in [0.25, 0.3) is 0 Å². The highest BCUT2D eigenvalue weighted by Crippen LogP contribution is 2.29. The van der Waals surface area contributed by atoms with E-state index < -0.39 is 17.7 Å². The van der Waals surface area contributed by atoms with E-state index in [2.05, 4.69) is 17.6 Å². The lowest BCUT2D eigenvalue weighted by molar-refractivity contribution is -0.138. The Kier molecular flexibility index (Phi) is 10.5. The Hall–Kier alpha value is -3.35. The third kappa shape index (κ3) is 8.40. The van der Waals surface area contributed by atoms with Crippen LogP contribution in [-0.2, 0) is 14.3 Å². The Bertz CT molecular complexity index is 1060. The summed E-state index contributed by atoms with van der Waals surface area (Å²) < 4.78 is 5.29. The number of nitrogens with one attached hydrogen (secondary N) is 2. The van der Waals surface area contributed by atoms with E-state index >= 15 is 0 Å². The zero-order valence-corrected chi connectivity index (χ0v) is 22.7. The molecule has 7 heteroatoms. The summed E-state index contributed by atoms with van der Waals surface area (Å²) in [6.07, 6.45) is 1.97. The lowest BCUT2D eigenvalue weighted by Crippen LogP contribution is -2.47. The van der Waals surface area contributed by atoms with Crippen LogP contribution in [0.1, 0.15) is 75.3 Å². The second-order valence-electron chi connectivity index (χ2n) is 10.1.